The molecule has 0 aromatic carbocycles. The molecule has 108 valence electrons. The Labute approximate surface area is 115 Å². The van der Waals surface area contributed by atoms with Gasteiger partial charge in [-0.25, -0.2) is 0 Å². The summed E-state index contributed by atoms with van der Waals surface area (Å²) in [7, 11) is -0.691. The summed E-state index contributed by atoms with van der Waals surface area (Å²) in [6.07, 6.45) is 5.22. The summed E-state index contributed by atoms with van der Waals surface area (Å²) >= 11 is 0. The Morgan fingerprint density at radius 1 is 1.44 bits per heavy atom. The Kier molecular flexibility index (Phi) is 6.28. The van der Waals surface area contributed by atoms with Crippen molar-refractivity contribution in [2.24, 2.45) is 0 Å². The van der Waals surface area contributed by atoms with Gasteiger partial charge in [-0.05, 0) is 32.7 Å². The number of hydrogen-bond acceptors (Lipinski definition) is 3. The Balaban J connectivity index is 2.54. The molecule has 1 fully saturated rings. The van der Waals surface area contributed by atoms with E-state index in [1.54, 1.807) is 0 Å². The van der Waals surface area contributed by atoms with E-state index in [4.69, 9.17) is 0 Å². The summed E-state index contributed by atoms with van der Waals surface area (Å²) in [6.45, 7) is 12.2. The van der Waals surface area contributed by atoms with Crippen LogP contribution in [0.25, 0.3) is 0 Å². The molecule has 18 heavy (non-hydrogen) atoms. The lowest BCUT2D eigenvalue weighted by Gasteiger charge is -2.46. The fourth-order valence-electron chi connectivity index (χ4n) is 2.63. The molecule has 3 nitrogen and oxygen atoms in total. The first-order valence-electron chi connectivity index (χ1n) is 7.25. The van der Waals surface area contributed by atoms with Gasteiger partial charge in [0.15, 0.2) is 0 Å². The van der Waals surface area contributed by atoms with Crippen LogP contribution in [0.4, 0.5) is 0 Å². The molecule has 3 unspecified atom stereocenters. The van der Waals surface area contributed by atoms with Crippen LogP contribution < -0.4 is 5.32 Å². The molecule has 1 rings (SSSR count). The van der Waals surface area contributed by atoms with E-state index in [1.807, 2.05) is 6.26 Å². The van der Waals surface area contributed by atoms with Gasteiger partial charge in [0.25, 0.3) is 0 Å². The first kappa shape index (κ1) is 16.1. The standard InChI is InChI=1S/C14H30N2OS/c1-6-14(7-2)11-16(12(3)10-15-14)9-8-13(4)18(5)17/h12-13,15H,6-11H2,1-5H3. The van der Waals surface area contributed by atoms with Crippen LogP contribution in [-0.2, 0) is 10.8 Å². The molecule has 3 atom stereocenters. The van der Waals surface area contributed by atoms with Gasteiger partial charge in [-0.3, -0.25) is 9.11 Å². The van der Waals surface area contributed by atoms with Gasteiger partial charge >= 0.3 is 0 Å². The Morgan fingerprint density at radius 2 is 2.06 bits per heavy atom. The predicted molar refractivity (Wildman–Crippen MR) is 80.5 cm³/mol. The first-order valence-corrected chi connectivity index (χ1v) is 8.87. The van der Waals surface area contributed by atoms with Gasteiger partial charge in [-0.1, -0.05) is 20.8 Å². The molecule has 0 aromatic rings. The molecule has 0 saturated carbocycles. The number of rotatable bonds is 6. The van der Waals surface area contributed by atoms with Crippen LogP contribution in [0.15, 0.2) is 0 Å². The van der Waals surface area contributed by atoms with Crippen LogP contribution in [0, 0.1) is 0 Å². The van der Waals surface area contributed by atoms with E-state index in [2.05, 4.69) is 37.9 Å². The van der Waals surface area contributed by atoms with Crippen molar-refractivity contribution >= 4 is 10.8 Å². The maximum Gasteiger partial charge on any atom is 0.0329 e. The number of nitrogens with one attached hydrogen (secondary N) is 1. The fourth-order valence-corrected chi connectivity index (χ4v) is 3.07. The van der Waals surface area contributed by atoms with Crippen LogP contribution in [0.3, 0.4) is 0 Å². The molecule has 1 N–H and O–H groups in total. The van der Waals surface area contributed by atoms with Crippen molar-refractivity contribution in [3.63, 3.8) is 0 Å². The summed E-state index contributed by atoms with van der Waals surface area (Å²) in [6, 6.07) is 0.591. The second-order valence-electron chi connectivity index (χ2n) is 5.79. The van der Waals surface area contributed by atoms with Gasteiger partial charge in [-0.2, -0.15) is 0 Å². The smallest absolute Gasteiger partial charge is 0.0329 e. The zero-order chi connectivity index (χ0) is 13.8. The van der Waals surface area contributed by atoms with Gasteiger partial charge in [0, 0.05) is 47.0 Å². The van der Waals surface area contributed by atoms with Crippen LogP contribution >= 0.6 is 0 Å². The van der Waals surface area contributed by atoms with Crippen LogP contribution in [0.1, 0.15) is 47.0 Å². The van der Waals surface area contributed by atoms with E-state index in [-0.39, 0.29) is 0 Å². The summed E-state index contributed by atoms with van der Waals surface area (Å²) in [5.41, 5.74) is 0.293. The highest BCUT2D eigenvalue weighted by molar-refractivity contribution is 7.84. The topological polar surface area (TPSA) is 32.3 Å². The molecule has 0 spiro atoms. The van der Waals surface area contributed by atoms with E-state index in [0.29, 0.717) is 16.8 Å². The third kappa shape index (κ3) is 4.04. The largest absolute Gasteiger partial charge is 0.308 e. The fraction of sp³-hybridized carbons (Fsp3) is 1.00. The maximum absolute atomic E-state index is 11.4. The van der Waals surface area contributed by atoms with E-state index in [9.17, 15) is 4.21 Å². The average Bonchev–Trinajstić information content (AvgIpc) is 2.37. The van der Waals surface area contributed by atoms with Gasteiger partial charge in [-0.15, -0.1) is 0 Å². The zero-order valence-corrected chi connectivity index (χ0v) is 13.5. The highest BCUT2D eigenvalue weighted by atomic mass is 32.2. The number of nitrogens with zero attached hydrogens (tertiary/aromatic N) is 1. The molecule has 1 saturated heterocycles. The monoisotopic (exact) mass is 274 g/mol. The normalized spacial score (nSPS) is 27.9. The number of piperazine rings is 1. The summed E-state index contributed by atoms with van der Waals surface area (Å²) in [5, 5.41) is 4.03. The van der Waals surface area contributed by atoms with Gasteiger partial charge < -0.3 is 5.32 Å². The van der Waals surface area contributed by atoms with Crippen molar-refractivity contribution < 1.29 is 4.21 Å². The van der Waals surface area contributed by atoms with Crippen molar-refractivity contribution in [1.29, 1.82) is 0 Å². The second kappa shape index (κ2) is 7.01. The lowest BCUT2D eigenvalue weighted by Crippen LogP contribution is -2.63. The van der Waals surface area contributed by atoms with Crippen LogP contribution in [0.5, 0.6) is 0 Å². The minimum absolute atomic E-state index is 0.293. The van der Waals surface area contributed by atoms with Crippen molar-refractivity contribution in [2.75, 3.05) is 25.9 Å². The summed E-state index contributed by atoms with van der Waals surface area (Å²) < 4.78 is 11.4. The van der Waals surface area contributed by atoms with E-state index >= 15 is 0 Å². The average molecular weight is 274 g/mol. The first-order chi connectivity index (χ1) is 8.44. The van der Waals surface area contributed by atoms with Crippen molar-refractivity contribution in [1.82, 2.24) is 10.2 Å². The Bertz CT molecular complexity index is 279. The molecule has 0 bridgehead atoms. The Hall–Kier alpha value is 0.0700. The van der Waals surface area contributed by atoms with E-state index in [0.717, 1.165) is 26.1 Å². The molecule has 4 heteroatoms. The SMILES string of the molecule is CCC1(CC)CN(CCC(C)S(C)=O)C(C)CN1. The molecule has 1 aliphatic heterocycles. The molecule has 0 radical (unpaired) electrons. The van der Waals surface area contributed by atoms with Crippen LogP contribution in [0.2, 0.25) is 0 Å². The maximum atomic E-state index is 11.4. The molecule has 0 aromatic heterocycles. The quantitative estimate of drug-likeness (QED) is 0.804. The molecule has 1 aliphatic rings. The minimum Gasteiger partial charge on any atom is -0.308 e. The summed E-state index contributed by atoms with van der Waals surface area (Å²) in [4.78, 5) is 2.58. The highest BCUT2D eigenvalue weighted by Gasteiger charge is 2.34. The second-order valence-corrected chi connectivity index (χ2v) is 7.59. The van der Waals surface area contributed by atoms with Gasteiger partial charge in [0.05, 0.1) is 0 Å². The third-order valence-corrected chi connectivity index (χ3v) is 6.01. The Morgan fingerprint density at radius 3 is 2.56 bits per heavy atom. The molecule has 0 aliphatic carbocycles. The zero-order valence-electron chi connectivity index (χ0n) is 12.7. The highest BCUT2D eigenvalue weighted by Crippen LogP contribution is 2.23. The minimum atomic E-state index is -0.691. The lowest BCUT2D eigenvalue weighted by atomic mass is 9.88. The van der Waals surface area contributed by atoms with Gasteiger partial charge in [0.2, 0.25) is 0 Å². The molecular formula is C14H30N2OS. The van der Waals surface area contributed by atoms with Crippen molar-refractivity contribution in [3.8, 4) is 0 Å². The van der Waals surface area contributed by atoms with Crippen LogP contribution in [-0.4, -0.2) is 51.8 Å². The summed E-state index contributed by atoms with van der Waals surface area (Å²) in [5.74, 6) is 0. The number of hydrogen-bond donors (Lipinski definition) is 1. The van der Waals surface area contributed by atoms with Crippen molar-refractivity contribution in [2.45, 2.75) is 63.8 Å². The van der Waals surface area contributed by atoms with E-state index in [1.165, 1.54) is 12.8 Å². The lowest BCUT2D eigenvalue weighted by molar-refractivity contribution is 0.0800. The molecular weight excluding hydrogens is 244 g/mol. The molecule has 1 heterocycles. The van der Waals surface area contributed by atoms with Gasteiger partial charge in [0.1, 0.15) is 0 Å². The predicted octanol–water partition coefficient (Wildman–Crippen LogP) is 2.00. The molecule has 0 amide bonds. The van der Waals surface area contributed by atoms with Crippen molar-refractivity contribution in [3.05, 3.63) is 0 Å². The third-order valence-electron chi connectivity index (χ3n) is 4.64. The van der Waals surface area contributed by atoms with E-state index < -0.39 is 10.8 Å².